The summed E-state index contributed by atoms with van der Waals surface area (Å²) in [7, 11) is 0. The lowest BCUT2D eigenvalue weighted by molar-refractivity contribution is 0.0304. The lowest BCUT2D eigenvalue weighted by atomic mass is 10.1. The molecule has 1 aromatic carbocycles. The molecule has 2 aromatic rings. The van der Waals surface area contributed by atoms with E-state index in [1.54, 1.807) is 11.0 Å². The molecule has 110 valence electrons. The Morgan fingerprint density at radius 3 is 2.76 bits per heavy atom. The monoisotopic (exact) mass is 303 g/mol. The number of benzene rings is 1. The Kier molecular flexibility index (Phi) is 3.94. The normalized spacial score (nSPS) is 15.2. The van der Waals surface area contributed by atoms with Crippen molar-refractivity contribution in [3.05, 3.63) is 40.8 Å². The average molecular weight is 303 g/mol. The van der Waals surface area contributed by atoms with Crippen molar-refractivity contribution >= 4 is 17.2 Å². The van der Waals surface area contributed by atoms with Gasteiger partial charge in [-0.2, -0.15) is 0 Å². The van der Waals surface area contributed by atoms with Crippen LogP contribution in [0.3, 0.4) is 0 Å². The molecule has 0 saturated carbocycles. The summed E-state index contributed by atoms with van der Waals surface area (Å²) in [6, 6.07) is 9.71. The van der Waals surface area contributed by atoms with Crippen LogP contribution in [0.2, 0.25) is 0 Å². The number of aryl methyl sites for hydroxylation is 1. The molecule has 1 aromatic heterocycles. The first kappa shape index (κ1) is 14.1. The van der Waals surface area contributed by atoms with Gasteiger partial charge in [0.1, 0.15) is 10.6 Å². The number of aromatic hydroxyl groups is 1. The number of ether oxygens (including phenoxy) is 1. The third-order valence-electron chi connectivity index (χ3n) is 3.51. The topological polar surface area (TPSA) is 49.8 Å². The summed E-state index contributed by atoms with van der Waals surface area (Å²) in [5.74, 6) is -0.0484. The third-order valence-corrected chi connectivity index (χ3v) is 4.67. The molecular weight excluding hydrogens is 286 g/mol. The fourth-order valence-corrected chi connectivity index (χ4v) is 3.40. The summed E-state index contributed by atoms with van der Waals surface area (Å²) in [5, 5.41) is 10.1. The van der Waals surface area contributed by atoms with E-state index in [9.17, 15) is 9.90 Å². The molecule has 0 bridgehead atoms. The van der Waals surface area contributed by atoms with E-state index in [-0.39, 0.29) is 11.7 Å². The second-order valence-electron chi connectivity index (χ2n) is 5.10. The molecule has 2 heterocycles. The van der Waals surface area contributed by atoms with Crippen LogP contribution in [0.25, 0.3) is 10.4 Å². The maximum atomic E-state index is 12.5. The van der Waals surface area contributed by atoms with E-state index in [4.69, 9.17) is 4.74 Å². The van der Waals surface area contributed by atoms with Crippen molar-refractivity contribution < 1.29 is 14.6 Å². The van der Waals surface area contributed by atoms with Gasteiger partial charge in [0.25, 0.3) is 5.91 Å². The fraction of sp³-hybridized carbons (Fsp3) is 0.312. The van der Waals surface area contributed by atoms with Crippen LogP contribution in [0, 0.1) is 6.92 Å². The summed E-state index contributed by atoms with van der Waals surface area (Å²) in [5.41, 5.74) is 2.18. The first-order valence-corrected chi connectivity index (χ1v) is 7.73. The lowest BCUT2D eigenvalue weighted by Crippen LogP contribution is -2.40. The number of hydrogen-bond acceptors (Lipinski definition) is 4. The first-order chi connectivity index (χ1) is 10.1. The smallest absolute Gasteiger partial charge is 0.267 e. The van der Waals surface area contributed by atoms with Crippen LogP contribution >= 0.6 is 11.3 Å². The van der Waals surface area contributed by atoms with Crippen molar-refractivity contribution in [2.45, 2.75) is 6.92 Å². The Bertz CT molecular complexity index is 659. The van der Waals surface area contributed by atoms with Crippen molar-refractivity contribution in [2.75, 3.05) is 26.3 Å². The highest BCUT2D eigenvalue weighted by atomic mass is 32.1. The zero-order valence-corrected chi connectivity index (χ0v) is 12.7. The SMILES string of the molecule is Cc1cccc(-c2cc(O)c(C(=O)N3CCOCC3)s2)c1. The highest BCUT2D eigenvalue weighted by Crippen LogP contribution is 2.36. The molecule has 5 heteroatoms. The van der Waals surface area contributed by atoms with E-state index in [2.05, 4.69) is 0 Å². The lowest BCUT2D eigenvalue weighted by Gasteiger charge is -2.26. The second kappa shape index (κ2) is 5.87. The summed E-state index contributed by atoms with van der Waals surface area (Å²) in [4.78, 5) is 15.5. The second-order valence-corrected chi connectivity index (χ2v) is 6.15. The van der Waals surface area contributed by atoms with Crippen molar-refractivity contribution in [3.63, 3.8) is 0 Å². The molecule has 0 atom stereocenters. The van der Waals surface area contributed by atoms with E-state index < -0.39 is 0 Å². The largest absolute Gasteiger partial charge is 0.506 e. The Morgan fingerprint density at radius 2 is 2.05 bits per heavy atom. The van der Waals surface area contributed by atoms with Gasteiger partial charge in [-0.3, -0.25) is 4.79 Å². The molecule has 0 spiro atoms. The van der Waals surface area contributed by atoms with Gasteiger partial charge >= 0.3 is 0 Å². The van der Waals surface area contributed by atoms with Gasteiger partial charge in [0.2, 0.25) is 0 Å². The number of nitrogens with zero attached hydrogens (tertiary/aromatic N) is 1. The number of carbonyl (C=O) groups excluding carboxylic acids is 1. The number of carbonyl (C=O) groups is 1. The first-order valence-electron chi connectivity index (χ1n) is 6.92. The Morgan fingerprint density at radius 1 is 1.29 bits per heavy atom. The molecule has 1 fully saturated rings. The Hall–Kier alpha value is -1.85. The van der Waals surface area contributed by atoms with Crippen LogP contribution in [-0.2, 0) is 4.74 Å². The maximum absolute atomic E-state index is 12.5. The van der Waals surface area contributed by atoms with Crippen molar-refractivity contribution in [1.29, 1.82) is 0 Å². The number of amides is 1. The molecule has 0 radical (unpaired) electrons. The Labute approximate surface area is 127 Å². The van der Waals surface area contributed by atoms with Crippen LogP contribution in [0.1, 0.15) is 15.2 Å². The highest BCUT2D eigenvalue weighted by molar-refractivity contribution is 7.17. The summed E-state index contributed by atoms with van der Waals surface area (Å²) < 4.78 is 5.25. The number of hydrogen-bond donors (Lipinski definition) is 1. The summed E-state index contributed by atoms with van der Waals surface area (Å²) in [6.07, 6.45) is 0. The van der Waals surface area contributed by atoms with Crippen LogP contribution in [0.15, 0.2) is 30.3 Å². The molecule has 1 N–H and O–H groups in total. The molecule has 1 saturated heterocycles. The van der Waals surface area contributed by atoms with Gasteiger partial charge in [0.15, 0.2) is 0 Å². The number of morpholine rings is 1. The maximum Gasteiger partial charge on any atom is 0.267 e. The molecule has 0 aliphatic carbocycles. The standard InChI is InChI=1S/C16H17NO3S/c1-11-3-2-4-12(9-11)14-10-13(18)15(21-14)16(19)17-5-7-20-8-6-17/h2-4,9-10,18H,5-8H2,1H3. The molecule has 4 nitrogen and oxygen atoms in total. The molecule has 1 aliphatic rings. The van der Waals surface area contributed by atoms with Crippen molar-refractivity contribution in [3.8, 4) is 16.2 Å². The van der Waals surface area contributed by atoms with Crippen molar-refractivity contribution in [2.24, 2.45) is 0 Å². The zero-order chi connectivity index (χ0) is 14.8. The minimum absolute atomic E-state index is 0.0630. The summed E-state index contributed by atoms with van der Waals surface area (Å²) in [6.45, 7) is 4.30. The van der Waals surface area contributed by atoms with Gasteiger partial charge in [-0.25, -0.2) is 0 Å². The minimum atomic E-state index is -0.111. The van der Waals surface area contributed by atoms with Crippen LogP contribution in [-0.4, -0.2) is 42.2 Å². The third kappa shape index (κ3) is 2.94. The van der Waals surface area contributed by atoms with Gasteiger partial charge in [-0.05, 0) is 18.6 Å². The molecular formula is C16H17NO3S. The van der Waals surface area contributed by atoms with Crippen molar-refractivity contribution in [1.82, 2.24) is 4.90 Å². The Balaban J connectivity index is 1.89. The van der Waals surface area contributed by atoms with E-state index in [1.165, 1.54) is 11.3 Å². The molecule has 1 amide bonds. The number of thiophene rings is 1. The average Bonchev–Trinajstić information content (AvgIpc) is 2.89. The minimum Gasteiger partial charge on any atom is -0.506 e. The van der Waals surface area contributed by atoms with Gasteiger partial charge in [-0.1, -0.05) is 29.8 Å². The molecule has 0 unspecified atom stereocenters. The predicted octanol–water partition coefficient (Wildman–Crippen LogP) is 2.90. The van der Waals surface area contributed by atoms with Gasteiger partial charge in [-0.15, -0.1) is 11.3 Å². The molecule has 21 heavy (non-hydrogen) atoms. The number of rotatable bonds is 2. The predicted molar refractivity (Wildman–Crippen MR) is 82.9 cm³/mol. The summed E-state index contributed by atoms with van der Waals surface area (Å²) >= 11 is 1.34. The highest BCUT2D eigenvalue weighted by Gasteiger charge is 2.23. The quantitative estimate of drug-likeness (QED) is 0.928. The van der Waals surface area contributed by atoms with Crippen LogP contribution in [0.4, 0.5) is 0 Å². The van der Waals surface area contributed by atoms with Gasteiger partial charge in [0.05, 0.1) is 13.2 Å². The fourth-order valence-electron chi connectivity index (χ4n) is 2.39. The van der Waals surface area contributed by atoms with E-state index in [0.29, 0.717) is 31.2 Å². The van der Waals surface area contributed by atoms with Crippen LogP contribution in [0.5, 0.6) is 5.75 Å². The molecule has 3 rings (SSSR count). The van der Waals surface area contributed by atoms with Crippen LogP contribution < -0.4 is 0 Å². The van der Waals surface area contributed by atoms with E-state index in [1.807, 2.05) is 31.2 Å². The van der Waals surface area contributed by atoms with E-state index in [0.717, 1.165) is 16.0 Å². The van der Waals surface area contributed by atoms with Gasteiger partial charge in [0, 0.05) is 18.0 Å². The van der Waals surface area contributed by atoms with Gasteiger partial charge < -0.3 is 14.7 Å². The zero-order valence-electron chi connectivity index (χ0n) is 11.8. The molecule has 1 aliphatic heterocycles. The van der Waals surface area contributed by atoms with E-state index >= 15 is 0 Å².